The predicted octanol–water partition coefficient (Wildman–Crippen LogP) is 0.647. The van der Waals surface area contributed by atoms with Crippen LogP contribution in [0, 0.1) is 6.92 Å². The van der Waals surface area contributed by atoms with Gasteiger partial charge in [-0.2, -0.15) is 0 Å². The van der Waals surface area contributed by atoms with E-state index in [9.17, 15) is 9.59 Å². The molecule has 0 saturated carbocycles. The van der Waals surface area contributed by atoms with Gasteiger partial charge in [0.05, 0.1) is 6.54 Å². The topological polar surface area (TPSA) is 94.8 Å². The number of rotatable bonds is 6. The van der Waals surface area contributed by atoms with Crippen LogP contribution >= 0.6 is 0 Å². The highest BCUT2D eigenvalue weighted by atomic mass is 16.4. The highest BCUT2D eigenvalue weighted by molar-refractivity contribution is 5.88. The second-order valence-corrected chi connectivity index (χ2v) is 4.17. The molecule has 106 valence electrons. The van der Waals surface area contributed by atoms with E-state index in [0.29, 0.717) is 24.6 Å². The number of nitrogens with zero attached hydrogens (tertiary/aromatic N) is 1. The number of furan rings is 1. The number of amides is 2. The van der Waals surface area contributed by atoms with Crippen molar-refractivity contribution in [1.82, 2.24) is 15.5 Å². The molecule has 0 aliphatic rings. The van der Waals surface area contributed by atoms with Crippen molar-refractivity contribution in [2.24, 2.45) is 0 Å². The Morgan fingerprint density at radius 3 is 2.68 bits per heavy atom. The Morgan fingerprint density at radius 2 is 2.16 bits per heavy atom. The van der Waals surface area contributed by atoms with E-state index in [2.05, 4.69) is 10.6 Å². The molecule has 3 N–H and O–H groups in total. The standard InChI is InChI=1S/C12H19N3O4/c1-8-10(11(16)17)6-9(19-8)7-14-12(18)15(3)5-4-13-2/h6,13H,4-5,7H2,1-3H3,(H,14,18)(H,16,17). The highest BCUT2D eigenvalue weighted by Crippen LogP contribution is 2.14. The largest absolute Gasteiger partial charge is 0.478 e. The van der Waals surface area contributed by atoms with Gasteiger partial charge in [-0.15, -0.1) is 0 Å². The number of carbonyl (C=O) groups is 2. The Morgan fingerprint density at radius 1 is 1.47 bits per heavy atom. The maximum Gasteiger partial charge on any atom is 0.339 e. The number of likely N-dealkylation sites (N-methyl/N-ethyl adjacent to an activating group) is 2. The summed E-state index contributed by atoms with van der Waals surface area (Å²) in [6.07, 6.45) is 0. The molecule has 1 heterocycles. The van der Waals surface area contributed by atoms with E-state index >= 15 is 0 Å². The molecule has 19 heavy (non-hydrogen) atoms. The molecule has 0 unspecified atom stereocenters. The molecular formula is C12H19N3O4. The van der Waals surface area contributed by atoms with Crippen molar-refractivity contribution in [3.63, 3.8) is 0 Å². The number of carbonyl (C=O) groups excluding carboxylic acids is 1. The van der Waals surface area contributed by atoms with Gasteiger partial charge >= 0.3 is 12.0 Å². The van der Waals surface area contributed by atoms with E-state index in [1.54, 1.807) is 14.0 Å². The zero-order chi connectivity index (χ0) is 14.4. The molecule has 0 saturated heterocycles. The molecule has 0 bridgehead atoms. The summed E-state index contributed by atoms with van der Waals surface area (Å²) in [5, 5.41) is 14.5. The van der Waals surface area contributed by atoms with Gasteiger partial charge in [0.2, 0.25) is 0 Å². The summed E-state index contributed by atoms with van der Waals surface area (Å²) in [5.74, 6) is -0.282. The summed E-state index contributed by atoms with van der Waals surface area (Å²) in [4.78, 5) is 24.0. The Hall–Kier alpha value is -2.02. The molecule has 1 aromatic heterocycles. The summed E-state index contributed by atoms with van der Waals surface area (Å²) < 4.78 is 5.26. The average Bonchev–Trinajstić information content (AvgIpc) is 2.74. The summed E-state index contributed by atoms with van der Waals surface area (Å²) in [7, 11) is 3.49. The van der Waals surface area contributed by atoms with Crippen LogP contribution in [-0.2, 0) is 6.54 Å². The van der Waals surface area contributed by atoms with Gasteiger partial charge in [-0.1, -0.05) is 0 Å². The summed E-state index contributed by atoms with van der Waals surface area (Å²) >= 11 is 0. The molecule has 7 nitrogen and oxygen atoms in total. The van der Waals surface area contributed by atoms with Crippen LogP contribution in [0.1, 0.15) is 21.9 Å². The monoisotopic (exact) mass is 269 g/mol. The molecule has 0 spiro atoms. The zero-order valence-electron chi connectivity index (χ0n) is 11.3. The first-order valence-corrected chi connectivity index (χ1v) is 5.92. The van der Waals surface area contributed by atoms with Crippen molar-refractivity contribution in [2.45, 2.75) is 13.5 Å². The SMILES string of the molecule is CNCCN(C)C(=O)NCc1cc(C(=O)O)c(C)o1. The molecule has 0 fully saturated rings. The van der Waals surface area contributed by atoms with Crippen LogP contribution in [0.4, 0.5) is 4.79 Å². The minimum atomic E-state index is -1.04. The lowest BCUT2D eigenvalue weighted by Gasteiger charge is -2.17. The third-order valence-electron chi connectivity index (χ3n) is 2.66. The van der Waals surface area contributed by atoms with Gasteiger partial charge < -0.3 is 25.1 Å². The molecule has 7 heteroatoms. The molecule has 1 aromatic rings. The number of urea groups is 1. The van der Waals surface area contributed by atoms with Crippen molar-refractivity contribution in [1.29, 1.82) is 0 Å². The summed E-state index contributed by atoms with van der Waals surface area (Å²) in [5.41, 5.74) is 0.118. The Balaban J connectivity index is 2.50. The first-order valence-electron chi connectivity index (χ1n) is 5.92. The van der Waals surface area contributed by atoms with Crippen molar-refractivity contribution in [3.05, 3.63) is 23.2 Å². The van der Waals surface area contributed by atoms with Gasteiger partial charge in [0.15, 0.2) is 0 Å². The van der Waals surface area contributed by atoms with E-state index in [4.69, 9.17) is 9.52 Å². The Kier molecular flexibility index (Phi) is 5.37. The van der Waals surface area contributed by atoms with Crippen LogP contribution in [0.3, 0.4) is 0 Å². The van der Waals surface area contributed by atoms with Gasteiger partial charge in [0.25, 0.3) is 0 Å². The molecule has 0 aliphatic heterocycles. The molecule has 0 aliphatic carbocycles. The van der Waals surface area contributed by atoms with Crippen molar-refractivity contribution in [3.8, 4) is 0 Å². The molecule has 0 aromatic carbocycles. The third-order valence-corrected chi connectivity index (χ3v) is 2.66. The quantitative estimate of drug-likeness (QED) is 0.704. The van der Waals surface area contributed by atoms with Gasteiger partial charge in [-0.05, 0) is 20.0 Å². The van der Waals surface area contributed by atoms with E-state index in [0.717, 1.165) is 0 Å². The van der Waals surface area contributed by atoms with Crippen LogP contribution in [0.25, 0.3) is 0 Å². The fraction of sp³-hybridized carbons (Fsp3) is 0.500. The van der Waals surface area contributed by atoms with Crippen molar-refractivity contribution < 1.29 is 19.1 Å². The van der Waals surface area contributed by atoms with Crippen molar-refractivity contribution >= 4 is 12.0 Å². The first kappa shape index (κ1) is 15.0. The molecule has 0 radical (unpaired) electrons. The lowest BCUT2D eigenvalue weighted by molar-refractivity contribution is 0.0695. The molecule has 2 amide bonds. The number of hydrogen-bond acceptors (Lipinski definition) is 4. The zero-order valence-corrected chi connectivity index (χ0v) is 11.3. The predicted molar refractivity (Wildman–Crippen MR) is 69.2 cm³/mol. The van der Waals surface area contributed by atoms with Crippen LogP contribution < -0.4 is 10.6 Å². The van der Waals surface area contributed by atoms with Gasteiger partial charge in [0, 0.05) is 20.1 Å². The fourth-order valence-electron chi connectivity index (χ4n) is 1.52. The second kappa shape index (κ2) is 6.79. The van der Waals surface area contributed by atoms with Crippen molar-refractivity contribution in [2.75, 3.05) is 27.2 Å². The van der Waals surface area contributed by atoms with Crippen LogP contribution in [-0.4, -0.2) is 49.2 Å². The number of nitrogens with one attached hydrogen (secondary N) is 2. The van der Waals surface area contributed by atoms with Crippen LogP contribution in [0.2, 0.25) is 0 Å². The average molecular weight is 269 g/mol. The summed E-state index contributed by atoms with van der Waals surface area (Å²) in [6, 6.07) is 1.19. The fourth-order valence-corrected chi connectivity index (χ4v) is 1.52. The second-order valence-electron chi connectivity index (χ2n) is 4.17. The molecule has 0 atom stereocenters. The van der Waals surface area contributed by atoms with Crippen LogP contribution in [0.15, 0.2) is 10.5 Å². The van der Waals surface area contributed by atoms with E-state index in [1.807, 2.05) is 7.05 Å². The first-order chi connectivity index (χ1) is 8.95. The lowest BCUT2D eigenvalue weighted by atomic mass is 10.2. The van der Waals surface area contributed by atoms with Gasteiger partial charge in [-0.3, -0.25) is 0 Å². The van der Waals surface area contributed by atoms with Gasteiger partial charge in [-0.25, -0.2) is 9.59 Å². The minimum Gasteiger partial charge on any atom is -0.478 e. The molecule has 1 rings (SSSR count). The highest BCUT2D eigenvalue weighted by Gasteiger charge is 2.14. The smallest absolute Gasteiger partial charge is 0.339 e. The Bertz CT molecular complexity index is 456. The van der Waals surface area contributed by atoms with Gasteiger partial charge in [0.1, 0.15) is 17.1 Å². The number of carboxylic acid groups (broad SMARTS) is 1. The van der Waals surface area contributed by atoms with Crippen LogP contribution in [0.5, 0.6) is 0 Å². The maximum absolute atomic E-state index is 11.7. The third kappa shape index (κ3) is 4.29. The Labute approximate surface area is 111 Å². The normalized spacial score (nSPS) is 10.3. The number of aromatic carboxylic acids is 1. The maximum atomic E-state index is 11.7. The van der Waals surface area contributed by atoms with E-state index < -0.39 is 5.97 Å². The van der Waals surface area contributed by atoms with E-state index in [-0.39, 0.29) is 18.1 Å². The summed E-state index contributed by atoms with van der Waals surface area (Å²) in [6.45, 7) is 3.03. The number of aryl methyl sites for hydroxylation is 1. The lowest BCUT2D eigenvalue weighted by Crippen LogP contribution is -2.39. The van der Waals surface area contributed by atoms with E-state index in [1.165, 1.54) is 11.0 Å². The molecular weight excluding hydrogens is 250 g/mol. The minimum absolute atomic E-state index is 0.118. The number of hydrogen-bond donors (Lipinski definition) is 3. The number of carboxylic acids is 1.